The summed E-state index contributed by atoms with van der Waals surface area (Å²) < 4.78 is 0. The molecule has 0 saturated heterocycles. The first kappa shape index (κ1) is 11.6. The highest BCUT2D eigenvalue weighted by Gasteiger charge is 2.12. The van der Waals surface area contributed by atoms with E-state index in [0.29, 0.717) is 10.6 Å². The van der Waals surface area contributed by atoms with Gasteiger partial charge in [0.15, 0.2) is 0 Å². The van der Waals surface area contributed by atoms with Gasteiger partial charge in [-0.05, 0) is 29.2 Å². The smallest absolute Gasteiger partial charge is 0.0995 e. The second kappa shape index (κ2) is 4.82. The zero-order chi connectivity index (χ0) is 11.4. The van der Waals surface area contributed by atoms with Crippen molar-refractivity contribution in [2.45, 2.75) is 26.2 Å². The van der Waals surface area contributed by atoms with Crippen LogP contribution in [0.15, 0.2) is 12.1 Å². The summed E-state index contributed by atoms with van der Waals surface area (Å²) >= 11 is 6.08. The van der Waals surface area contributed by atoms with Crippen molar-refractivity contribution in [3.63, 3.8) is 0 Å². The van der Waals surface area contributed by atoms with E-state index in [1.807, 2.05) is 19.9 Å². The largest absolute Gasteiger partial charge is 0.198 e. The molecule has 0 amide bonds. The van der Waals surface area contributed by atoms with Crippen molar-refractivity contribution in [3.05, 3.63) is 33.8 Å². The van der Waals surface area contributed by atoms with Crippen molar-refractivity contribution in [2.75, 3.05) is 0 Å². The molecule has 0 fully saturated rings. The first-order chi connectivity index (χ1) is 7.10. The third kappa shape index (κ3) is 2.49. The van der Waals surface area contributed by atoms with Crippen LogP contribution in [0.2, 0.25) is 5.02 Å². The summed E-state index contributed by atoms with van der Waals surface area (Å²) in [5, 5.41) is 18.1. The maximum absolute atomic E-state index is 8.99. The van der Waals surface area contributed by atoms with E-state index in [2.05, 4.69) is 6.07 Å². The quantitative estimate of drug-likeness (QED) is 0.764. The lowest BCUT2D eigenvalue weighted by atomic mass is 9.95. The molecule has 76 valence electrons. The molecule has 2 nitrogen and oxygen atoms in total. The predicted octanol–water partition coefficient (Wildman–Crippen LogP) is 3.40. The summed E-state index contributed by atoms with van der Waals surface area (Å²) in [5.41, 5.74) is 2.23. The topological polar surface area (TPSA) is 47.6 Å². The summed E-state index contributed by atoms with van der Waals surface area (Å²) in [6.45, 7) is 3.98. The van der Waals surface area contributed by atoms with E-state index < -0.39 is 0 Å². The van der Waals surface area contributed by atoms with Gasteiger partial charge in [-0.3, -0.25) is 0 Å². The van der Waals surface area contributed by atoms with Crippen molar-refractivity contribution in [1.82, 2.24) is 0 Å². The summed E-state index contributed by atoms with van der Waals surface area (Å²) in [6, 6.07) is 7.67. The van der Waals surface area contributed by atoms with Gasteiger partial charge in [0.05, 0.1) is 24.1 Å². The fraction of sp³-hybridized carbons (Fsp3) is 0.333. The number of benzene rings is 1. The van der Waals surface area contributed by atoms with Crippen LogP contribution in [0, 0.1) is 22.7 Å². The molecule has 0 spiro atoms. The molecule has 0 saturated carbocycles. The van der Waals surface area contributed by atoms with Crippen molar-refractivity contribution in [3.8, 4) is 12.1 Å². The fourth-order valence-corrected chi connectivity index (χ4v) is 2.01. The van der Waals surface area contributed by atoms with Crippen LogP contribution in [-0.2, 0) is 6.42 Å². The fourth-order valence-electron chi connectivity index (χ4n) is 1.55. The molecule has 0 aliphatic heterocycles. The van der Waals surface area contributed by atoms with Crippen LogP contribution in [0.1, 0.15) is 36.5 Å². The summed E-state index contributed by atoms with van der Waals surface area (Å²) in [7, 11) is 0. The van der Waals surface area contributed by atoms with Gasteiger partial charge in [-0.15, -0.1) is 0 Å². The van der Waals surface area contributed by atoms with E-state index in [4.69, 9.17) is 22.1 Å². The van der Waals surface area contributed by atoms with Gasteiger partial charge >= 0.3 is 0 Å². The average molecular weight is 219 g/mol. The molecule has 1 rings (SSSR count). The Morgan fingerprint density at radius 1 is 1.33 bits per heavy atom. The van der Waals surface area contributed by atoms with Gasteiger partial charge in [-0.1, -0.05) is 25.4 Å². The van der Waals surface area contributed by atoms with Crippen LogP contribution in [0.25, 0.3) is 0 Å². The lowest BCUT2D eigenvalue weighted by molar-refractivity contribution is 0.861. The molecule has 0 aliphatic carbocycles. The molecule has 0 unspecified atom stereocenters. The summed E-state index contributed by atoms with van der Waals surface area (Å²) in [6.07, 6.45) is 0.284. The molecule has 0 radical (unpaired) electrons. The zero-order valence-electron chi connectivity index (χ0n) is 8.71. The molecule has 1 aromatic carbocycles. The van der Waals surface area contributed by atoms with Gasteiger partial charge in [0.25, 0.3) is 0 Å². The SMILES string of the molecule is CC(C)c1c(Cl)cc(CC#N)cc1C#N. The molecule has 0 heterocycles. The summed E-state index contributed by atoms with van der Waals surface area (Å²) in [4.78, 5) is 0. The monoisotopic (exact) mass is 218 g/mol. The van der Waals surface area contributed by atoms with Crippen molar-refractivity contribution >= 4 is 11.6 Å². The van der Waals surface area contributed by atoms with E-state index in [9.17, 15) is 0 Å². The van der Waals surface area contributed by atoms with Crippen LogP contribution >= 0.6 is 11.6 Å². The third-order valence-electron chi connectivity index (χ3n) is 2.17. The third-order valence-corrected chi connectivity index (χ3v) is 2.48. The van der Waals surface area contributed by atoms with Crippen LogP contribution < -0.4 is 0 Å². The summed E-state index contributed by atoms with van der Waals surface area (Å²) in [5.74, 6) is 0.211. The molecule has 1 aromatic rings. The maximum atomic E-state index is 8.99. The van der Waals surface area contributed by atoms with E-state index in [1.54, 1.807) is 12.1 Å². The van der Waals surface area contributed by atoms with Gasteiger partial charge in [0.1, 0.15) is 0 Å². The Kier molecular flexibility index (Phi) is 3.72. The second-order valence-electron chi connectivity index (χ2n) is 3.64. The molecular formula is C12H11ClN2. The molecule has 0 N–H and O–H groups in total. The van der Waals surface area contributed by atoms with E-state index in [-0.39, 0.29) is 12.3 Å². The Morgan fingerprint density at radius 3 is 2.47 bits per heavy atom. The number of halogens is 1. The number of hydrogen-bond donors (Lipinski definition) is 0. The molecule has 3 heteroatoms. The highest BCUT2D eigenvalue weighted by atomic mass is 35.5. The van der Waals surface area contributed by atoms with Crippen LogP contribution in [-0.4, -0.2) is 0 Å². The van der Waals surface area contributed by atoms with E-state index >= 15 is 0 Å². The predicted molar refractivity (Wildman–Crippen MR) is 59.6 cm³/mol. The standard InChI is InChI=1S/C12H11ClN2/c1-8(2)12-10(7-15)5-9(3-4-14)6-11(12)13/h5-6,8H,3H2,1-2H3. The normalized spacial score (nSPS) is 9.73. The van der Waals surface area contributed by atoms with Gasteiger partial charge in [0.2, 0.25) is 0 Å². The highest BCUT2D eigenvalue weighted by molar-refractivity contribution is 6.31. The van der Waals surface area contributed by atoms with E-state index in [0.717, 1.165) is 11.1 Å². The minimum absolute atomic E-state index is 0.211. The lowest BCUT2D eigenvalue weighted by Crippen LogP contribution is -1.96. The number of rotatable bonds is 2. The van der Waals surface area contributed by atoms with Crippen LogP contribution in [0.5, 0.6) is 0 Å². The van der Waals surface area contributed by atoms with Gasteiger partial charge in [0, 0.05) is 5.02 Å². The molecule has 15 heavy (non-hydrogen) atoms. The first-order valence-electron chi connectivity index (χ1n) is 4.69. The molecule has 0 aliphatic rings. The van der Waals surface area contributed by atoms with Gasteiger partial charge in [-0.2, -0.15) is 10.5 Å². The van der Waals surface area contributed by atoms with Crippen LogP contribution in [0.4, 0.5) is 0 Å². The minimum Gasteiger partial charge on any atom is -0.198 e. The number of hydrogen-bond acceptors (Lipinski definition) is 2. The first-order valence-corrected chi connectivity index (χ1v) is 5.07. The number of nitrogens with zero attached hydrogens (tertiary/aromatic N) is 2. The zero-order valence-corrected chi connectivity index (χ0v) is 9.47. The highest BCUT2D eigenvalue weighted by Crippen LogP contribution is 2.29. The Bertz CT molecular complexity index is 450. The van der Waals surface area contributed by atoms with Crippen LogP contribution in [0.3, 0.4) is 0 Å². The van der Waals surface area contributed by atoms with E-state index in [1.165, 1.54) is 0 Å². The Hall–Kier alpha value is -1.51. The molecular weight excluding hydrogens is 208 g/mol. The molecule has 0 atom stereocenters. The minimum atomic E-state index is 0.211. The second-order valence-corrected chi connectivity index (χ2v) is 4.05. The average Bonchev–Trinajstić information content (AvgIpc) is 2.16. The van der Waals surface area contributed by atoms with Gasteiger partial charge in [-0.25, -0.2) is 0 Å². The Labute approximate surface area is 94.7 Å². The Balaban J connectivity index is 3.34. The lowest BCUT2D eigenvalue weighted by Gasteiger charge is -2.11. The Morgan fingerprint density at radius 2 is 2.00 bits per heavy atom. The van der Waals surface area contributed by atoms with Crippen molar-refractivity contribution in [1.29, 1.82) is 10.5 Å². The molecule has 0 aromatic heterocycles. The van der Waals surface area contributed by atoms with Crippen molar-refractivity contribution in [2.24, 2.45) is 0 Å². The van der Waals surface area contributed by atoms with Crippen molar-refractivity contribution < 1.29 is 0 Å². The number of nitriles is 2. The maximum Gasteiger partial charge on any atom is 0.0995 e. The van der Waals surface area contributed by atoms with Gasteiger partial charge < -0.3 is 0 Å². The molecule has 0 bridgehead atoms.